The summed E-state index contributed by atoms with van der Waals surface area (Å²) >= 11 is 6.04. The first-order valence-electron chi connectivity index (χ1n) is 10.7. The van der Waals surface area contributed by atoms with E-state index in [1.54, 1.807) is 7.11 Å². The topological polar surface area (TPSA) is 84.6 Å². The number of nitrogens with zero attached hydrogens (tertiary/aromatic N) is 3. The van der Waals surface area contributed by atoms with Gasteiger partial charge in [0.1, 0.15) is 0 Å². The number of guanidine groups is 1. The molecule has 7 nitrogen and oxygen atoms in total. The van der Waals surface area contributed by atoms with Gasteiger partial charge in [-0.25, -0.2) is 0 Å². The summed E-state index contributed by atoms with van der Waals surface area (Å²) in [6.45, 7) is 5.17. The minimum absolute atomic E-state index is 0.275. The summed E-state index contributed by atoms with van der Waals surface area (Å²) in [6, 6.07) is 7.44. The Hall–Kier alpha value is -2.12. The van der Waals surface area contributed by atoms with Crippen molar-refractivity contribution in [2.45, 2.75) is 45.4 Å². The first-order chi connectivity index (χ1) is 14.6. The van der Waals surface area contributed by atoms with Gasteiger partial charge in [0.15, 0.2) is 5.96 Å². The molecular weight excluding hydrogens is 402 g/mol. The van der Waals surface area contributed by atoms with Crippen LogP contribution in [0, 0.1) is 5.41 Å². The van der Waals surface area contributed by atoms with Crippen molar-refractivity contribution in [3.8, 4) is 11.4 Å². The maximum absolute atomic E-state index is 6.04. The number of hydrogen-bond acceptors (Lipinski definition) is 5. The Balaban J connectivity index is 1.54. The summed E-state index contributed by atoms with van der Waals surface area (Å²) in [7, 11) is 1.77. The zero-order valence-electron chi connectivity index (χ0n) is 17.9. The van der Waals surface area contributed by atoms with Crippen molar-refractivity contribution in [3.63, 3.8) is 0 Å². The lowest BCUT2D eigenvalue weighted by molar-refractivity contribution is 0.141. The third kappa shape index (κ3) is 6.44. The highest BCUT2D eigenvalue weighted by Crippen LogP contribution is 2.41. The zero-order chi connectivity index (χ0) is 21.2. The second kappa shape index (κ2) is 11.3. The van der Waals surface area contributed by atoms with Gasteiger partial charge in [-0.05, 0) is 43.7 Å². The van der Waals surface area contributed by atoms with E-state index in [-0.39, 0.29) is 5.41 Å². The molecule has 1 heterocycles. The van der Waals surface area contributed by atoms with E-state index in [0.717, 1.165) is 37.6 Å². The zero-order valence-corrected chi connectivity index (χ0v) is 18.7. The molecule has 1 aliphatic carbocycles. The molecule has 30 heavy (non-hydrogen) atoms. The van der Waals surface area contributed by atoms with Gasteiger partial charge in [-0.2, -0.15) is 4.98 Å². The fourth-order valence-corrected chi connectivity index (χ4v) is 4.10. The lowest BCUT2D eigenvalue weighted by Crippen LogP contribution is -2.39. The molecule has 0 spiro atoms. The van der Waals surface area contributed by atoms with Crippen molar-refractivity contribution in [3.05, 3.63) is 35.2 Å². The SMILES string of the molecule is CCNC(=NCC1(CCOC)CCCC1)NCCc1nc(-c2cccc(Cl)c2)no1. The number of ether oxygens (including phenoxy) is 1. The number of hydrogen-bond donors (Lipinski definition) is 2. The lowest BCUT2D eigenvalue weighted by atomic mass is 9.83. The van der Waals surface area contributed by atoms with Crippen molar-refractivity contribution in [2.24, 2.45) is 10.4 Å². The fourth-order valence-electron chi connectivity index (χ4n) is 3.91. The molecule has 1 aliphatic rings. The number of benzene rings is 1. The molecule has 0 atom stereocenters. The summed E-state index contributed by atoms with van der Waals surface area (Å²) < 4.78 is 10.7. The van der Waals surface area contributed by atoms with Gasteiger partial charge in [0, 0.05) is 50.4 Å². The number of aromatic nitrogens is 2. The van der Waals surface area contributed by atoms with Crippen LogP contribution in [0.4, 0.5) is 0 Å². The highest BCUT2D eigenvalue weighted by Gasteiger charge is 2.33. The molecule has 164 valence electrons. The molecule has 2 N–H and O–H groups in total. The summed E-state index contributed by atoms with van der Waals surface area (Å²) in [5.41, 5.74) is 1.12. The molecule has 0 aliphatic heterocycles. The van der Waals surface area contributed by atoms with E-state index in [4.69, 9.17) is 25.9 Å². The van der Waals surface area contributed by atoms with Gasteiger partial charge in [-0.1, -0.05) is 41.7 Å². The van der Waals surface area contributed by atoms with Crippen LogP contribution in [0.5, 0.6) is 0 Å². The molecule has 8 heteroatoms. The van der Waals surface area contributed by atoms with E-state index < -0.39 is 0 Å². The third-order valence-corrected chi connectivity index (χ3v) is 5.83. The van der Waals surface area contributed by atoms with Crippen LogP contribution in [0.1, 0.15) is 44.9 Å². The van der Waals surface area contributed by atoms with Gasteiger partial charge in [-0.3, -0.25) is 4.99 Å². The van der Waals surface area contributed by atoms with E-state index in [0.29, 0.717) is 29.7 Å². The van der Waals surface area contributed by atoms with E-state index in [9.17, 15) is 0 Å². The van der Waals surface area contributed by atoms with E-state index in [1.807, 2.05) is 24.3 Å². The average molecular weight is 434 g/mol. The molecular formula is C22H32ClN5O2. The van der Waals surface area contributed by atoms with Crippen LogP contribution < -0.4 is 10.6 Å². The van der Waals surface area contributed by atoms with Crippen molar-refractivity contribution < 1.29 is 9.26 Å². The maximum Gasteiger partial charge on any atom is 0.228 e. The number of rotatable bonds is 10. The van der Waals surface area contributed by atoms with Crippen molar-refractivity contribution in [1.29, 1.82) is 0 Å². The standard InChI is InChI=1S/C22H32ClN5O2/c1-3-24-21(26-16-22(12-14-29-2)10-4-5-11-22)25-13-9-19-27-20(28-30-19)17-7-6-8-18(23)15-17/h6-8,15H,3-5,9-14,16H2,1-2H3,(H2,24,25,26). The molecule has 1 aromatic heterocycles. The number of methoxy groups -OCH3 is 1. The molecule has 0 bridgehead atoms. The maximum atomic E-state index is 6.04. The predicted octanol–water partition coefficient (Wildman–Crippen LogP) is 4.08. The van der Waals surface area contributed by atoms with Crippen LogP contribution in [0.15, 0.2) is 33.8 Å². The molecule has 1 saturated carbocycles. The van der Waals surface area contributed by atoms with Crippen molar-refractivity contribution in [2.75, 3.05) is 33.4 Å². The largest absolute Gasteiger partial charge is 0.385 e. The summed E-state index contributed by atoms with van der Waals surface area (Å²) in [6.07, 6.45) is 6.72. The normalized spacial score (nSPS) is 16.0. The highest BCUT2D eigenvalue weighted by molar-refractivity contribution is 6.30. The molecule has 0 unspecified atom stereocenters. The Morgan fingerprint density at radius 2 is 2.13 bits per heavy atom. The van der Waals surface area contributed by atoms with Gasteiger partial charge in [0.2, 0.25) is 11.7 Å². The third-order valence-electron chi connectivity index (χ3n) is 5.60. The van der Waals surface area contributed by atoms with Crippen LogP contribution in [0.3, 0.4) is 0 Å². The van der Waals surface area contributed by atoms with Gasteiger partial charge < -0.3 is 19.9 Å². The Kier molecular flexibility index (Phi) is 8.51. The Labute approximate surface area is 183 Å². The lowest BCUT2D eigenvalue weighted by Gasteiger charge is -2.27. The highest BCUT2D eigenvalue weighted by atomic mass is 35.5. The van der Waals surface area contributed by atoms with E-state index in [1.165, 1.54) is 25.7 Å². The first kappa shape index (κ1) is 22.6. The quantitative estimate of drug-likeness (QED) is 0.433. The average Bonchev–Trinajstić information content (AvgIpc) is 3.41. The second-order valence-electron chi connectivity index (χ2n) is 7.84. The summed E-state index contributed by atoms with van der Waals surface area (Å²) in [5.74, 6) is 1.96. The number of aliphatic imine (C=N–C) groups is 1. The monoisotopic (exact) mass is 433 g/mol. The molecule has 1 aromatic carbocycles. The van der Waals surface area contributed by atoms with Crippen LogP contribution in [0.25, 0.3) is 11.4 Å². The molecule has 0 radical (unpaired) electrons. The fraction of sp³-hybridized carbons (Fsp3) is 0.591. The second-order valence-corrected chi connectivity index (χ2v) is 8.28. The van der Waals surface area contributed by atoms with E-state index >= 15 is 0 Å². The van der Waals surface area contributed by atoms with Crippen molar-refractivity contribution >= 4 is 17.6 Å². The number of nitrogens with one attached hydrogen (secondary N) is 2. The van der Waals surface area contributed by atoms with Gasteiger partial charge in [0.05, 0.1) is 0 Å². The molecule has 3 rings (SSSR count). The van der Waals surface area contributed by atoms with Crippen LogP contribution >= 0.6 is 11.6 Å². The first-order valence-corrected chi connectivity index (χ1v) is 11.1. The van der Waals surface area contributed by atoms with E-state index in [2.05, 4.69) is 27.7 Å². The predicted molar refractivity (Wildman–Crippen MR) is 120 cm³/mol. The minimum atomic E-state index is 0.275. The van der Waals surface area contributed by atoms with Gasteiger partial charge in [0.25, 0.3) is 0 Å². The van der Waals surface area contributed by atoms with Crippen LogP contribution in [-0.2, 0) is 11.2 Å². The Morgan fingerprint density at radius 1 is 1.30 bits per heavy atom. The molecule has 2 aromatic rings. The van der Waals surface area contributed by atoms with Crippen LogP contribution in [-0.4, -0.2) is 49.5 Å². The Bertz CT molecular complexity index is 817. The summed E-state index contributed by atoms with van der Waals surface area (Å²) in [5, 5.41) is 11.4. The number of halogens is 1. The van der Waals surface area contributed by atoms with Crippen LogP contribution in [0.2, 0.25) is 5.02 Å². The minimum Gasteiger partial charge on any atom is -0.385 e. The molecule has 0 saturated heterocycles. The summed E-state index contributed by atoms with van der Waals surface area (Å²) in [4.78, 5) is 9.34. The molecule has 0 amide bonds. The van der Waals surface area contributed by atoms with Gasteiger partial charge >= 0.3 is 0 Å². The van der Waals surface area contributed by atoms with Gasteiger partial charge in [-0.15, -0.1) is 0 Å². The van der Waals surface area contributed by atoms with Crippen molar-refractivity contribution in [1.82, 2.24) is 20.8 Å². The molecule has 1 fully saturated rings. The Morgan fingerprint density at radius 3 is 2.87 bits per heavy atom. The smallest absolute Gasteiger partial charge is 0.228 e.